The van der Waals surface area contributed by atoms with Crippen molar-refractivity contribution in [1.29, 1.82) is 0 Å². The molecule has 0 aliphatic heterocycles. The maximum atomic E-state index is 11.0. The van der Waals surface area contributed by atoms with E-state index in [0.29, 0.717) is 5.88 Å². The fourth-order valence-corrected chi connectivity index (χ4v) is 1.66. The third-order valence-corrected chi connectivity index (χ3v) is 2.65. The second kappa shape index (κ2) is 4.76. The maximum absolute atomic E-state index is 11.0. The van der Waals surface area contributed by atoms with E-state index in [4.69, 9.17) is 10.5 Å². The number of hydrogen-bond acceptors (Lipinski definition) is 3. The highest BCUT2D eigenvalue weighted by atomic mass is 16.6. The van der Waals surface area contributed by atoms with Gasteiger partial charge in [-0.3, -0.25) is 0 Å². The van der Waals surface area contributed by atoms with Crippen molar-refractivity contribution in [2.75, 3.05) is 0 Å². The van der Waals surface area contributed by atoms with Crippen molar-refractivity contribution in [3.8, 4) is 11.6 Å². The van der Waals surface area contributed by atoms with Gasteiger partial charge in [0, 0.05) is 11.5 Å². The molecule has 5 nitrogen and oxygen atoms in total. The molecule has 100 valence electrons. The van der Waals surface area contributed by atoms with Gasteiger partial charge in [0.05, 0.1) is 11.4 Å². The molecule has 0 bridgehead atoms. The van der Waals surface area contributed by atoms with E-state index < -0.39 is 6.09 Å². The fourth-order valence-electron chi connectivity index (χ4n) is 1.66. The van der Waals surface area contributed by atoms with Gasteiger partial charge in [-0.1, -0.05) is 39.0 Å². The number of carbonyl (C=O) groups excluding carboxylic acids is 1. The second-order valence-corrected chi connectivity index (χ2v) is 5.29. The van der Waals surface area contributed by atoms with Crippen molar-refractivity contribution < 1.29 is 9.53 Å². The van der Waals surface area contributed by atoms with Gasteiger partial charge in [-0.05, 0) is 12.1 Å². The summed E-state index contributed by atoms with van der Waals surface area (Å²) in [4.78, 5) is 11.0. The number of aromatic nitrogens is 2. The molecule has 0 aliphatic rings. The summed E-state index contributed by atoms with van der Waals surface area (Å²) in [5.74, 6) is 0.323. The van der Waals surface area contributed by atoms with Gasteiger partial charge in [0.1, 0.15) is 0 Å². The summed E-state index contributed by atoms with van der Waals surface area (Å²) >= 11 is 0. The van der Waals surface area contributed by atoms with E-state index in [1.165, 1.54) is 0 Å². The molecule has 1 heterocycles. The molecule has 1 aromatic carbocycles. The van der Waals surface area contributed by atoms with E-state index >= 15 is 0 Å². The summed E-state index contributed by atoms with van der Waals surface area (Å²) in [6.07, 6.45) is -0.849. The van der Waals surface area contributed by atoms with Crippen LogP contribution in [0.25, 0.3) is 5.69 Å². The first-order valence-corrected chi connectivity index (χ1v) is 6.01. The molecule has 0 aliphatic carbocycles. The van der Waals surface area contributed by atoms with E-state index in [9.17, 15) is 4.79 Å². The molecule has 0 spiro atoms. The first-order chi connectivity index (χ1) is 8.88. The molecule has 0 atom stereocenters. The molecule has 0 unspecified atom stereocenters. The zero-order valence-electron chi connectivity index (χ0n) is 11.3. The number of amides is 1. The highest BCUT2D eigenvalue weighted by Crippen LogP contribution is 2.27. The van der Waals surface area contributed by atoms with Crippen LogP contribution in [-0.2, 0) is 5.41 Å². The largest absolute Gasteiger partial charge is 0.411 e. The SMILES string of the molecule is CC(C)(C)c1cc(OC(N)=O)n(-c2ccccc2)n1. The number of para-hydroxylation sites is 1. The Labute approximate surface area is 112 Å². The highest BCUT2D eigenvalue weighted by molar-refractivity contribution is 5.67. The van der Waals surface area contributed by atoms with Crippen molar-refractivity contribution in [3.05, 3.63) is 42.1 Å². The van der Waals surface area contributed by atoms with Crippen LogP contribution in [0.5, 0.6) is 5.88 Å². The third kappa shape index (κ3) is 2.93. The normalized spacial score (nSPS) is 11.3. The van der Waals surface area contributed by atoms with Crippen molar-refractivity contribution in [3.63, 3.8) is 0 Å². The van der Waals surface area contributed by atoms with Crippen molar-refractivity contribution in [2.45, 2.75) is 26.2 Å². The van der Waals surface area contributed by atoms with Crippen LogP contribution in [0.15, 0.2) is 36.4 Å². The molecular weight excluding hydrogens is 242 g/mol. The van der Waals surface area contributed by atoms with Crippen molar-refractivity contribution in [1.82, 2.24) is 9.78 Å². The van der Waals surface area contributed by atoms with Gasteiger partial charge in [-0.15, -0.1) is 0 Å². The predicted octanol–water partition coefficient (Wildman–Crippen LogP) is 2.63. The summed E-state index contributed by atoms with van der Waals surface area (Å²) in [6.45, 7) is 6.12. The van der Waals surface area contributed by atoms with Crippen LogP contribution in [0.4, 0.5) is 4.79 Å². The number of rotatable bonds is 2. The third-order valence-electron chi connectivity index (χ3n) is 2.65. The lowest BCUT2D eigenvalue weighted by Crippen LogP contribution is -2.18. The summed E-state index contributed by atoms with van der Waals surface area (Å²) in [6, 6.07) is 11.2. The monoisotopic (exact) mass is 259 g/mol. The molecule has 0 saturated carbocycles. The molecule has 5 heteroatoms. The van der Waals surface area contributed by atoms with Gasteiger partial charge >= 0.3 is 6.09 Å². The molecule has 1 aromatic heterocycles. The number of carbonyl (C=O) groups is 1. The van der Waals surface area contributed by atoms with E-state index in [0.717, 1.165) is 11.4 Å². The van der Waals surface area contributed by atoms with Crippen LogP contribution in [0.1, 0.15) is 26.5 Å². The molecule has 2 aromatic rings. The molecule has 0 radical (unpaired) electrons. The Morgan fingerprint density at radius 2 is 1.89 bits per heavy atom. The average molecular weight is 259 g/mol. The van der Waals surface area contributed by atoms with E-state index in [1.807, 2.05) is 51.1 Å². The first-order valence-electron chi connectivity index (χ1n) is 6.01. The molecule has 0 saturated heterocycles. The quantitative estimate of drug-likeness (QED) is 0.901. The lowest BCUT2D eigenvalue weighted by molar-refractivity contribution is 0.207. The van der Waals surface area contributed by atoms with Gasteiger partial charge in [-0.25, -0.2) is 9.48 Å². The van der Waals surface area contributed by atoms with Gasteiger partial charge in [0.2, 0.25) is 5.88 Å². The van der Waals surface area contributed by atoms with Gasteiger partial charge in [0.15, 0.2) is 0 Å². The minimum Gasteiger partial charge on any atom is -0.391 e. The Morgan fingerprint density at radius 1 is 1.26 bits per heavy atom. The number of hydrogen-bond donors (Lipinski definition) is 1. The van der Waals surface area contributed by atoms with Crippen LogP contribution >= 0.6 is 0 Å². The second-order valence-electron chi connectivity index (χ2n) is 5.29. The molecule has 0 fully saturated rings. The van der Waals surface area contributed by atoms with Crippen LogP contribution < -0.4 is 10.5 Å². The van der Waals surface area contributed by atoms with E-state index in [-0.39, 0.29) is 5.41 Å². The first kappa shape index (κ1) is 13.1. The topological polar surface area (TPSA) is 70.1 Å². The number of nitrogens with two attached hydrogens (primary N) is 1. The Bertz CT molecular complexity index is 582. The Morgan fingerprint density at radius 3 is 2.42 bits per heavy atom. The number of benzene rings is 1. The number of ether oxygens (including phenoxy) is 1. The van der Waals surface area contributed by atoms with Crippen molar-refractivity contribution >= 4 is 6.09 Å². The van der Waals surface area contributed by atoms with Crippen molar-refractivity contribution in [2.24, 2.45) is 5.73 Å². The van der Waals surface area contributed by atoms with Crippen LogP contribution in [0.3, 0.4) is 0 Å². The minimum atomic E-state index is -0.849. The fraction of sp³-hybridized carbons (Fsp3) is 0.286. The lowest BCUT2D eigenvalue weighted by atomic mass is 9.93. The number of primary amides is 1. The van der Waals surface area contributed by atoms with E-state index in [1.54, 1.807) is 10.7 Å². The van der Waals surface area contributed by atoms with Gasteiger partial charge in [-0.2, -0.15) is 5.10 Å². The molecule has 19 heavy (non-hydrogen) atoms. The average Bonchev–Trinajstić information content (AvgIpc) is 2.73. The van der Waals surface area contributed by atoms with E-state index in [2.05, 4.69) is 5.10 Å². The predicted molar refractivity (Wildman–Crippen MR) is 72.5 cm³/mol. The zero-order chi connectivity index (χ0) is 14.0. The minimum absolute atomic E-state index is 0.143. The number of nitrogens with zero attached hydrogens (tertiary/aromatic N) is 2. The molecule has 2 N–H and O–H groups in total. The highest BCUT2D eigenvalue weighted by Gasteiger charge is 2.22. The Balaban J connectivity index is 2.52. The van der Waals surface area contributed by atoms with Gasteiger partial charge < -0.3 is 10.5 Å². The standard InChI is InChI=1S/C14H17N3O2/c1-14(2,3)11-9-12(19-13(15)18)17(16-11)10-7-5-4-6-8-10/h4-9H,1-3H3,(H2,15,18). The summed E-state index contributed by atoms with van der Waals surface area (Å²) in [5, 5.41) is 4.49. The molecule has 1 amide bonds. The summed E-state index contributed by atoms with van der Waals surface area (Å²) in [7, 11) is 0. The van der Waals surface area contributed by atoms with Gasteiger partial charge in [0.25, 0.3) is 0 Å². The van der Waals surface area contributed by atoms with Crippen LogP contribution in [0.2, 0.25) is 0 Å². The van der Waals surface area contributed by atoms with Crippen LogP contribution in [-0.4, -0.2) is 15.9 Å². The maximum Gasteiger partial charge on any atom is 0.411 e. The Hall–Kier alpha value is -2.30. The summed E-state index contributed by atoms with van der Waals surface area (Å²) in [5.41, 5.74) is 6.59. The zero-order valence-corrected chi connectivity index (χ0v) is 11.3. The smallest absolute Gasteiger partial charge is 0.391 e. The Kier molecular flexibility index (Phi) is 3.29. The molecular formula is C14H17N3O2. The lowest BCUT2D eigenvalue weighted by Gasteiger charge is -2.13. The molecule has 2 rings (SSSR count). The van der Waals surface area contributed by atoms with Crippen LogP contribution in [0, 0.1) is 0 Å². The summed E-state index contributed by atoms with van der Waals surface area (Å²) < 4.78 is 6.59.